The first-order chi connectivity index (χ1) is 11.6. The first-order valence-electron chi connectivity index (χ1n) is 8.27. The van der Waals surface area contributed by atoms with Crippen molar-refractivity contribution >= 4 is 17.6 Å². The van der Waals surface area contributed by atoms with Gasteiger partial charge in [0, 0.05) is 18.5 Å². The summed E-state index contributed by atoms with van der Waals surface area (Å²) >= 11 is 0. The Bertz CT molecular complexity index is 727. The van der Waals surface area contributed by atoms with Crippen LogP contribution in [-0.2, 0) is 16.0 Å². The third-order valence-corrected chi connectivity index (χ3v) is 4.44. The summed E-state index contributed by atoms with van der Waals surface area (Å²) in [5, 5.41) is 11.7. The highest BCUT2D eigenvalue weighted by molar-refractivity contribution is 5.91. The largest absolute Gasteiger partial charge is 0.481 e. The van der Waals surface area contributed by atoms with E-state index < -0.39 is 5.97 Å². The molecule has 4 heteroatoms. The number of aliphatic carboxylic acids is 1. The van der Waals surface area contributed by atoms with Crippen LogP contribution in [0.15, 0.2) is 54.6 Å². The highest BCUT2D eigenvalue weighted by Gasteiger charge is 2.39. The van der Waals surface area contributed by atoms with Crippen molar-refractivity contribution in [2.45, 2.75) is 31.6 Å². The fraction of sp³-hybridized carbons (Fsp3) is 0.300. The van der Waals surface area contributed by atoms with Crippen LogP contribution in [-0.4, -0.2) is 17.0 Å². The normalized spacial score (nSPS) is 18.8. The van der Waals surface area contributed by atoms with Crippen LogP contribution in [0.1, 0.15) is 36.3 Å². The van der Waals surface area contributed by atoms with Crippen LogP contribution in [0.4, 0.5) is 5.69 Å². The standard InChI is InChI=1S/C20H21NO3/c22-19(13-16-12-18(16)15-6-2-1-3-7-15)21-17-8-4-5-14(11-17)9-10-20(23)24/h1-8,11,16,18H,9-10,12-13H2,(H,21,22)(H,23,24)/t16-,18-/m0/s1. The molecule has 2 N–H and O–H groups in total. The maximum atomic E-state index is 12.2. The Morgan fingerprint density at radius 3 is 2.62 bits per heavy atom. The third kappa shape index (κ3) is 4.44. The summed E-state index contributed by atoms with van der Waals surface area (Å²) in [5.74, 6) is 0.125. The number of benzene rings is 2. The van der Waals surface area contributed by atoms with E-state index in [0.29, 0.717) is 24.7 Å². The quantitative estimate of drug-likeness (QED) is 0.813. The van der Waals surface area contributed by atoms with Gasteiger partial charge in [-0.3, -0.25) is 9.59 Å². The number of nitrogens with one attached hydrogen (secondary N) is 1. The molecule has 2 aromatic carbocycles. The van der Waals surface area contributed by atoms with Gasteiger partial charge < -0.3 is 10.4 Å². The molecule has 0 bridgehead atoms. The van der Waals surface area contributed by atoms with Gasteiger partial charge >= 0.3 is 5.97 Å². The molecule has 0 unspecified atom stereocenters. The summed E-state index contributed by atoms with van der Waals surface area (Å²) in [6, 6.07) is 17.7. The lowest BCUT2D eigenvalue weighted by Gasteiger charge is -2.07. The van der Waals surface area contributed by atoms with Crippen LogP contribution < -0.4 is 5.32 Å². The molecule has 0 aliphatic heterocycles. The number of carbonyl (C=O) groups excluding carboxylic acids is 1. The molecule has 2 aromatic rings. The highest BCUT2D eigenvalue weighted by Crippen LogP contribution is 2.49. The van der Waals surface area contributed by atoms with Crippen molar-refractivity contribution in [3.8, 4) is 0 Å². The lowest BCUT2D eigenvalue weighted by Crippen LogP contribution is -2.12. The molecule has 4 nitrogen and oxygen atoms in total. The topological polar surface area (TPSA) is 66.4 Å². The van der Waals surface area contributed by atoms with E-state index in [2.05, 4.69) is 17.4 Å². The molecular weight excluding hydrogens is 302 g/mol. The summed E-state index contributed by atoms with van der Waals surface area (Å²) in [6.45, 7) is 0. The number of hydrogen-bond acceptors (Lipinski definition) is 2. The predicted octanol–water partition coefficient (Wildman–Crippen LogP) is 3.84. The van der Waals surface area contributed by atoms with Crippen molar-refractivity contribution in [2.75, 3.05) is 5.32 Å². The number of aryl methyl sites for hydroxylation is 1. The van der Waals surface area contributed by atoms with Gasteiger partial charge in [0.05, 0.1) is 0 Å². The molecule has 0 spiro atoms. The van der Waals surface area contributed by atoms with E-state index in [1.54, 1.807) is 0 Å². The molecule has 1 amide bonds. The second-order valence-electron chi connectivity index (χ2n) is 6.36. The average molecular weight is 323 g/mol. The van der Waals surface area contributed by atoms with E-state index in [1.165, 1.54) is 5.56 Å². The molecule has 0 aromatic heterocycles. The van der Waals surface area contributed by atoms with Crippen molar-refractivity contribution in [1.29, 1.82) is 0 Å². The van der Waals surface area contributed by atoms with Crippen molar-refractivity contribution in [3.63, 3.8) is 0 Å². The number of carboxylic acids is 1. The van der Waals surface area contributed by atoms with Gasteiger partial charge in [-0.1, -0.05) is 42.5 Å². The number of rotatable bonds is 7. The zero-order chi connectivity index (χ0) is 16.9. The van der Waals surface area contributed by atoms with Crippen LogP contribution in [0.5, 0.6) is 0 Å². The lowest BCUT2D eigenvalue weighted by molar-refractivity contribution is -0.137. The Hall–Kier alpha value is -2.62. The summed E-state index contributed by atoms with van der Waals surface area (Å²) in [4.78, 5) is 22.9. The Kier molecular flexibility index (Phi) is 4.94. The summed E-state index contributed by atoms with van der Waals surface area (Å²) < 4.78 is 0. The molecule has 3 rings (SSSR count). The molecule has 0 heterocycles. The van der Waals surface area contributed by atoms with E-state index in [0.717, 1.165) is 17.7 Å². The maximum Gasteiger partial charge on any atom is 0.303 e. The van der Waals surface area contributed by atoms with Crippen molar-refractivity contribution in [1.82, 2.24) is 0 Å². The van der Waals surface area contributed by atoms with Gasteiger partial charge in [-0.05, 0) is 47.9 Å². The first kappa shape index (κ1) is 16.2. The molecule has 0 radical (unpaired) electrons. The molecule has 24 heavy (non-hydrogen) atoms. The van der Waals surface area contributed by atoms with Crippen molar-refractivity contribution < 1.29 is 14.7 Å². The molecule has 1 aliphatic carbocycles. The zero-order valence-electron chi connectivity index (χ0n) is 13.4. The molecule has 1 aliphatic rings. The van der Waals surface area contributed by atoms with E-state index >= 15 is 0 Å². The second kappa shape index (κ2) is 7.30. The average Bonchev–Trinajstić information content (AvgIpc) is 3.33. The summed E-state index contributed by atoms with van der Waals surface area (Å²) in [5.41, 5.74) is 2.97. The van der Waals surface area contributed by atoms with E-state index in [9.17, 15) is 9.59 Å². The summed E-state index contributed by atoms with van der Waals surface area (Å²) in [6.07, 6.45) is 2.16. The number of hydrogen-bond donors (Lipinski definition) is 2. The minimum atomic E-state index is -0.815. The van der Waals surface area contributed by atoms with Crippen LogP contribution in [0, 0.1) is 5.92 Å². The van der Waals surface area contributed by atoms with Gasteiger partial charge in [-0.15, -0.1) is 0 Å². The Morgan fingerprint density at radius 1 is 1.08 bits per heavy atom. The van der Waals surface area contributed by atoms with Gasteiger partial charge in [0.1, 0.15) is 0 Å². The number of carbonyl (C=O) groups is 2. The molecule has 1 fully saturated rings. The number of anilines is 1. The number of carboxylic acid groups (broad SMARTS) is 1. The van der Waals surface area contributed by atoms with E-state index in [4.69, 9.17) is 5.11 Å². The minimum Gasteiger partial charge on any atom is -0.481 e. The lowest BCUT2D eigenvalue weighted by atomic mass is 10.1. The molecule has 0 saturated heterocycles. The van der Waals surface area contributed by atoms with Crippen molar-refractivity contribution in [2.24, 2.45) is 5.92 Å². The minimum absolute atomic E-state index is 0.0221. The van der Waals surface area contributed by atoms with Gasteiger partial charge in [-0.2, -0.15) is 0 Å². The molecule has 2 atom stereocenters. The van der Waals surface area contributed by atoms with Crippen LogP contribution in [0.25, 0.3) is 0 Å². The van der Waals surface area contributed by atoms with Crippen LogP contribution in [0.2, 0.25) is 0 Å². The monoisotopic (exact) mass is 323 g/mol. The third-order valence-electron chi connectivity index (χ3n) is 4.44. The maximum absolute atomic E-state index is 12.2. The predicted molar refractivity (Wildman–Crippen MR) is 92.9 cm³/mol. The SMILES string of the molecule is O=C(O)CCc1cccc(NC(=O)C[C@@H]2C[C@H]2c2ccccc2)c1. The van der Waals surface area contributed by atoms with Gasteiger partial charge in [-0.25, -0.2) is 0 Å². The van der Waals surface area contributed by atoms with Gasteiger partial charge in [0.15, 0.2) is 0 Å². The van der Waals surface area contributed by atoms with Crippen molar-refractivity contribution in [3.05, 3.63) is 65.7 Å². The zero-order valence-corrected chi connectivity index (χ0v) is 13.4. The Morgan fingerprint density at radius 2 is 1.88 bits per heavy atom. The molecule has 124 valence electrons. The fourth-order valence-electron chi connectivity index (χ4n) is 3.09. The number of amides is 1. The molecular formula is C20H21NO3. The Balaban J connectivity index is 1.51. The fourth-order valence-corrected chi connectivity index (χ4v) is 3.09. The first-order valence-corrected chi connectivity index (χ1v) is 8.27. The van der Waals surface area contributed by atoms with Crippen LogP contribution in [0.3, 0.4) is 0 Å². The smallest absolute Gasteiger partial charge is 0.303 e. The summed E-state index contributed by atoms with van der Waals surface area (Å²) in [7, 11) is 0. The Labute approximate surface area is 141 Å². The van der Waals surface area contributed by atoms with E-state index in [1.807, 2.05) is 42.5 Å². The highest BCUT2D eigenvalue weighted by atomic mass is 16.4. The second-order valence-corrected chi connectivity index (χ2v) is 6.36. The van der Waals surface area contributed by atoms with E-state index in [-0.39, 0.29) is 12.3 Å². The molecule has 1 saturated carbocycles. The van der Waals surface area contributed by atoms with Gasteiger partial charge in [0.2, 0.25) is 5.91 Å². The van der Waals surface area contributed by atoms with Gasteiger partial charge in [0.25, 0.3) is 0 Å². The van der Waals surface area contributed by atoms with Crippen LogP contribution >= 0.6 is 0 Å².